The molecular weight excluding hydrogens is 310 g/mol. The van der Waals surface area contributed by atoms with E-state index >= 15 is 0 Å². The summed E-state index contributed by atoms with van der Waals surface area (Å²) in [5.74, 6) is 1.43. The number of ether oxygens (including phenoxy) is 2. The summed E-state index contributed by atoms with van der Waals surface area (Å²) in [4.78, 5) is 32.5. The van der Waals surface area contributed by atoms with Crippen molar-refractivity contribution in [3.63, 3.8) is 0 Å². The van der Waals surface area contributed by atoms with Crippen LogP contribution in [0.5, 0.6) is 0 Å². The van der Waals surface area contributed by atoms with Gasteiger partial charge in [0.1, 0.15) is 11.6 Å². The summed E-state index contributed by atoms with van der Waals surface area (Å²) in [6.07, 6.45) is 7.36. The van der Waals surface area contributed by atoms with Gasteiger partial charge in [0.2, 0.25) is 5.43 Å². The molecule has 7 nitrogen and oxygen atoms in total. The van der Waals surface area contributed by atoms with Crippen LogP contribution >= 0.6 is 0 Å². The lowest BCUT2D eigenvalue weighted by Crippen LogP contribution is -2.35. The Morgan fingerprint density at radius 1 is 1.46 bits per heavy atom. The first-order chi connectivity index (χ1) is 11.7. The molecule has 0 bridgehead atoms. The fourth-order valence-electron chi connectivity index (χ4n) is 2.81. The van der Waals surface area contributed by atoms with Gasteiger partial charge < -0.3 is 19.4 Å². The molecule has 0 saturated carbocycles. The molecule has 0 fully saturated rings. The van der Waals surface area contributed by atoms with Gasteiger partial charge in [0.15, 0.2) is 5.69 Å². The van der Waals surface area contributed by atoms with Crippen molar-refractivity contribution in [1.82, 2.24) is 4.98 Å². The molecule has 3 heterocycles. The van der Waals surface area contributed by atoms with Crippen LogP contribution in [0.25, 0.3) is 0 Å². The summed E-state index contributed by atoms with van der Waals surface area (Å²) in [5.41, 5.74) is 0.352. The number of hydrogen-bond acceptors (Lipinski definition) is 6. The third kappa shape index (κ3) is 3.50. The number of aromatic nitrogens is 1. The number of H-pyrrole nitrogens is 1. The molecule has 128 valence electrons. The van der Waals surface area contributed by atoms with Crippen molar-refractivity contribution in [2.24, 2.45) is 4.99 Å². The van der Waals surface area contributed by atoms with E-state index in [-0.39, 0.29) is 17.4 Å². The molecule has 3 rings (SSSR count). The first-order valence-electron chi connectivity index (χ1n) is 8.20. The standard InChI is InChI=1S/C17H21N3O4/c1-2-23-15(22)5-3-4-8-24-13-9-12-10-19-16-14(21)6-7-18-17(16)20(12)11-13/h6-7,9-10,12H,2-5,8,11H2,1H3,(H,18,21). The highest BCUT2D eigenvalue weighted by Gasteiger charge is 2.30. The lowest BCUT2D eigenvalue weighted by molar-refractivity contribution is -0.143. The van der Waals surface area contributed by atoms with E-state index in [1.54, 1.807) is 19.3 Å². The number of pyridine rings is 1. The Kier molecular flexibility index (Phi) is 4.98. The minimum absolute atomic E-state index is 0.00471. The molecule has 2 aliphatic rings. The number of aliphatic imine (C=N–C) groups is 1. The predicted molar refractivity (Wildman–Crippen MR) is 90.9 cm³/mol. The third-order valence-electron chi connectivity index (χ3n) is 3.97. The normalized spacial score (nSPS) is 18.0. The fourth-order valence-corrected chi connectivity index (χ4v) is 2.81. The number of nitrogens with zero attached hydrogens (tertiary/aromatic N) is 2. The van der Waals surface area contributed by atoms with Crippen LogP contribution in [0.1, 0.15) is 26.2 Å². The molecule has 1 aromatic heterocycles. The Morgan fingerprint density at radius 2 is 2.33 bits per heavy atom. The van der Waals surface area contributed by atoms with Crippen LogP contribution < -0.4 is 10.3 Å². The van der Waals surface area contributed by atoms with Gasteiger partial charge in [-0.2, -0.15) is 0 Å². The third-order valence-corrected chi connectivity index (χ3v) is 3.97. The minimum atomic E-state index is -0.161. The second kappa shape index (κ2) is 7.33. The largest absolute Gasteiger partial charge is 0.496 e. The van der Waals surface area contributed by atoms with E-state index in [0.29, 0.717) is 31.9 Å². The molecule has 0 aliphatic carbocycles. The molecule has 0 spiro atoms. The molecule has 1 unspecified atom stereocenters. The molecule has 1 atom stereocenters. The lowest BCUT2D eigenvalue weighted by Gasteiger charge is -2.27. The summed E-state index contributed by atoms with van der Waals surface area (Å²) >= 11 is 0. The van der Waals surface area contributed by atoms with Crippen LogP contribution in [0.3, 0.4) is 0 Å². The number of unbranched alkanes of at least 4 members (excludes halogenated alkanes) is 1. The van der Waals surface area contributed by atoms with E-state index in [2.05, 4.69) is 14.9 Å². The van der Waals surface area contributed by atoms with E-state index in [0.717, 1.165) is 24.4 Å². The number of anilines is 1. The number of hydrogen-bond donors (Lipinski definition) is 1. The number of esters is 1. The summed E-state index contributed by atoms with van der Waals surface area (Å²) in [6, 6.07) is 1.48. The summed E-state index contributed by atoms with van der Waals surface area (Å²) < 4.78 is 10.7. The molecule has 0 radical (unpaired) electrons. The first kappa shape index (κ1) is 16.3. The molecule has 24 heavy (non-hydrogen) atoms. The van der Waals surface area contributed by atoms with Crippen molar-refractivity contribution < 1.29 is 14.3 Å². The summed E-state index contributed by atoms with van der Waals surface area (Å²) in [6.45, 7) is 3.38. The van der Waals surface area contributed by atoms with Crippen LogP contribution in [0, 0.1) is 0 Å². The molecular formula is C17H21N3O4. The van der Waals surface area contributed by atoms with Gasteiger partial charge in [-0.15, -0.1) is 0 Å². The van der Waals surface area contributed by atoms with Crippen molar-refractivity contribution >= 4 is 23.7 Å². The van der Waals surface area contributed by atoms with Crippen LogP contribution in [-0.4, -0.2) is 43.0 Å². The predicted octanol–water partition coefficient (Wildman–Crippen LogP) is 1.91. The zero-order valence-electron chi connectivity index (χ0n) is 13.7. The van der Waals surface area contributed by atoms with Gasteiger partial charge in [-0.25, -0.2) is 0 Å². The number of rotatable bonds is 7. The Morgan fingerprint density at radius 3 is 3.17 bits per heavy atom. The zero-order valence-corrected chi connectivity index (χ0v) is 13.7. The molecule has 0 amide bonds. The Hall–Kier alpha value is -2.57. The van der Waals surface area contributed by atoms with Gasteiger partial charge in [-0.05, 0) is 25.8 Å². The Balaban J connectivity index is 1.48. The highest BCUT2D eigenvalue weighted by molar-refractivity contribution is 5.85. The van der Waals surface area contributed by atoms with E-state index in [1.807, 2.05) is 6.08 Å². The number of carbonyl (C=O) groups is 1. The smallest absolute Gasteiger partial charge is 0.305 e. The van der Waals surface area contributed by atoms with Gasteiger partial charge in [-0.1, -0.05) is 0 Å². The van der Waals surface area contributed by atoms with Gasteiger partial charge in [-0.3, -0.25) is 14.6 Å². The Labute approximate surface area is 140 Å². The molecule has 0 saturated heterocycles. The topological polar surface area (TPSA) is 84.0 Å². The van der Waals surface area contributed by atoms with E-state index < -0.39 is 0 Å². The fraction of sp³-hybridized carbons (Fsp3) is 0.471. The summed E-state index contributed by atoms with van der Waals surface area (Å²) in [7, 11) is 0. The van der Waals surface area contributed by atoms with Gasteiger partial charge >= 0.3 is 5.97 Å². The van der Waals surface area contributed by atoms with Gasteiger partial charge in [0.05, 0.1) is 25.8 Å². The number of fused-ring (bicyclic) bond motifs is 3. The van der Waals surface area contributed by atoms with Crippen LogP contribution in [0.2, 0.25) is 0 Å². The average Bonchev–Trinajstić information content (AvgIpc) is 2.98. The van der Waals surface area contributed by atoms with Gasteiger partial charge in [0.25, 0.3) is 0 Å². The lowest BCUT2D eigenvalue weighted by atomic mass is 10.2. The minimum Gasteiger partial charge on any atom is -0.496 e. The van der Waals surface area contributed by atoms with Gasteiger partial charge in [0, 0.05) is 24.9 Å². The van der Waals surface area contributed by atoms with Crippen molar-refractivity contribution in [3.8, 4) is 0 Å². The van der Waals surface area contributed by atoms with Crippen LogP contribution in [-0.2, 0) is 14.3 Å². The van der Waals surface area contributed by atoms with Crippen molar-refractivity contribution in [1.29, 1.82) is 0 Å². The Bertz CT molecular complexity index is 723. The zero-order chi connectivity index (χ0) is 16.9. The quantitative estimate of drug-likeness (QED) is 0.609. The molecule has 1 N–H and O–H groups in total. The second-order valence-electron chi connectivity index (χ2n) is 5.68. The number of nitrogens with one attached hydrogen (secondary N) is 1. The second-order valence-corrected chi connectivity index (χ2v) is 5.68. The van der Waals surface area contributed by atoms with Crippen molar-refractivity contribution in [2.75, 3.05) is 24.7 Å². The molecule has 2 aliphatic heterocycles. The summed E-state index contributed by atoms with van der Waals surface area (Å²) in [5, 5.41) is 0. The highest BCUT2D eigenvalue weighted by Crippen LogP contribution is 2.32. The highest BCUT2D eigenvalue weighted by atomic mass is 16.5. The number of aromatic amines is 1. The first-order valence-corrected chi connectivity index (χ1v) is 8.20. The molecule has 7 heteroatoms. The van der Waals surface area contributed by atoms with Crippen LogP contribution in [0.4, 0.5) is 11.5 Å². The van der Waals surface area contributed by atoms with Crippen molar-refractivity contribution in [2.45, 2.75) is 32.2 Å². The van der Waals surface area contributed by atoms with E-state index in [9.17, 15) is 9.59 Å². The average molecular weight is 331 g/mol. The monoisotopic (exact) mass is 331 g/mol. The van der Waals surface area contributed by atoms with E-state index in [1.165, 1.54) is 6.07 Å². The van der Waals surface area contributed by atoms with Crippen molar-refractivity contribution in [3.05, 3.63) is 34.3 Å². The maximum Gasteiger partial charge on any atom is 0.305 e. The molecule has 1 aromatic rings. The van der Waals surface area contributed by atoms with E-state index in [4.69, 9.17) is 9.47 Å². The maximum absolute atomic E-state index is 11.8. The van der Waals surface area contributed by atoms with Crippen LogP contribution in [0.15, 0.2) is 33.9 Å². The SMILES string of the molecule is CCOC(=O)CCCCOC1=CC2C=Nc3c([nH]ccc3=O)N2C1. The number of carbonyl (C=O) groups excluding carboxylic acids is 1. The molecule has 0 aromatic carbocycles. The maximum atomic E-state index is 11.8.